The van der Waals surface area contributed by atoms with E-state index in [1.807, 2.05) is 6.20 Å². The van der Waals surface area contributed by atoms with Crippen LogP contribution in [0, 0.1) is 0 Å². The van der Waals surface area contributed by atoms with Crippen molar-refractivity contribution in [3.8, 4) is 0 Å². The molecule has 1 aromatic rings. The molecule has 1 atom stereocenters. The van der Waals surface area contributed by atoms with E-state index < -0.39 is 0 Å². The summed E-state index contributed by atoms with van der Waals surface area (Å²) in [6.45, 7) is 4.91. The molecule has 5 heteroatoms. The molecule has 2 aliphatic heterocycles. The van der Waals surface area contributed by atoms with Crippen LogP contribution < -0.4 is 0 Å². The van der Waals surface area contributed by atoms with Crippen molar-refractivity contribution in [2.75, 3.05) is 26.2 Å². The Morgan fingerprint density at radius 3 is 2.84 bits per heavy atom. The first-order chi connectivity index (χ1) is 12.3. The summed E-state index contributed by atoms with van der Waals surface area (Å²) in [5.41, 5.74) is 2.53. The number of carbonyl (C=O) groups excluding carboxylic acids is 1. The summed E-state index contributed by atoms with van der Waals surface area (Å²) >= 11 is 0. The summed E-state index contributed by atoms with van der Waals surface area (Å²) in [5.74, 6) is 0.296. The number of allylic oxidation sites excluding steroid dienone is 1. The lowest BCUT2D eigenvalue weighted by Crippen LogP contribution is -2.46. The first kappa shape index (κ1) is 16.8. The number of hydrogen-bond donors (Lipinski definition) is 0. The average Bonchev–Trinajstić information content (AvgIpc) is 3.12. The molecular weight excluding hydrogens is 312 g/mol. The summed E-state index contributed by atoms with van der Waals surface area (Å²) in [6.07, 6.45) is 13.5. The van der Waals surface area contributed by atoms with Gasteiger partial charge in [-0.1, -0.05) is 18.1 Å². The second kappa shape index (κ2) is 7.73. The number of hydrogen-bond acceptors (Lipinski definition) is 3. The summed E-state index contributed by atoms with van der Waals surface area (Å²) < 4.78 is 2.16. The van der Waals surface area contributed by atoms with Gasteiger partial charge in [0.05, 0.1) is 18.3 Å². The van der Waals surface area contributed by atoms with E-state index in [4.69, 9.17) is 0 Å². The van der Waals surface area contributed by atoms with E-state index in [9.17, 15) is 4.79 Å². The number of carbonyl (C=O) groups is 1. The molecule has 0 radical (unpaired) electrons. The van der Waals surface area contributed by atoms with E-state index >= 15 is 0 Å². The van der Waals surface area contributed by atoms with Crippen LogP contribution in [-0.2, 0) is 11.3 Å². The maximum Gasteiger partial charge on any atom is 0.227 e. The zero-order valence-corrected chi connectivity index (χ0v) is 15.2. The van der Waals surface area contributed by atoms with Crippen LogP contribution in [0.5, 0.6) is 0 Å². The maximum absolute atomic E-state index is 12.9. The Morgan fingerprint density at radius 2 is 2.04 bits per heavy atom. The Bertz CT molecular complexity index is 629. The second-order valence-corrected chi connectivity index (χ2v) is 7.84. The molecule has 1 amide bonds. The molecule has 0 saturated carbocycles. The molecule has 136 valence electrons. The Labute approximate surface area is 150 Å². The molecule has 1 fully saturated rings. The number of fused-ring (bicyclic) bond motifs is 1. The fourth-order valence-corrected chi connectivity index (χ4v) is 4.52. The monoisotopic (exact) mass is 342 g/mol. The minimum atomic E-state index is 0.293. The van der Waals surface area contributed by atoms with Gasteiger partial charge in [-0.15, -0.1) is 0 Å². The summed E-state index contributed by atoms with van der Waals surface area (Å²) in [7, 11) is 0. The van der Waals surface area contributed by atoms with Gasteiger partial charge in [0.15, 0.2) is 0 Å². The predicted octanol–water partition coefficient (Wildman–Crippen LogP) is 3.14. The van der Waals surface area contributed by atoms with Crippen molar-refractivity contribution in [1.29, 1.82) is 0 Å². The lowest BCUT2D eigenvalue weighted by atomic mass is 9.96. The van der Waals surface area contributed by atoms with Crippen LogP contribution in [0.15, 0.2) is 23.9 Å². The highest BCUT2D eigenvalue weighted by molar-refractivity contribution is 5.79. The average molecular weight is 342 g/mol. The van der Waals surface area contributed by atoms with Crippen molar-refractivity contribution in [1.82, 2.24) is 19.6 Å². The molecule has 0 N–H and O–H groups in total. The molecule has 0 unspecified atom stereocenters. The van der Waals surface area contributed by atoms with E-state index in [2.05, 4.69) is 31.7 Å². The van der Waals surface area contributed by atoms with Gasteiger partial charge in [-0.25, -0.2) is 0 Å². The van der Waals surface area contributed by atoms with E-state index in [-0.39, 0.29) is 0 Å². The molecule has 0 spiro atoms. The third-order valence-corrected chi connectivity index (χ3v) is 5.92. The number of aromatic nitrogens is 2. The third kappa shape index (κ3) is 3.97. The van der Waals surface area contributed by atoms with Crippen molar-refractivity contribution >= 4 is 5.91 Å². The number of rotatable bonds is 4. The standard InChI is InChI=1S/C20H30N4O/c25-20(13-17-7-3-1-4-8-17)23-15-18-9-10-21-24(18)19(16-23)14-22-11-5-2-6-12-22/h7,9-10,19H,1-6,8,11-16H2/t19-/m1/s1. The molecule has 0 bridgehead atoms. The van der Waals surface area contributed by atoms with Gasteiger partial charge in [0.1, 0.15) is 0 Å². The van der Waals surface area contributed by atoms with Crippen molar-refractivity contribution in [3.05, 3.63) is 29.6 Å². The second-order valence-electron chi connectivity index (χ2n) is 7.84. The maximum atomic E-state index is 12.9. The molecule has 1 aromatic heterocycles. The van der Waals surface area contributed by atoms with Crippen LogP contribution in [-0.4, -0.2) is 51.7 Å². The van der Waals surface area contributed by atoms with Gasteiger partial charge >= 0.3 is 0 Å². The SMILES string of the molecule is O=C(CC1=CCCCC1)N1Cc2ccnn2[C@H](CN2CCCCC2)C1. The highest BCUT2D eigenvalue weighted by atomic mass is 16.2. The van der Waals surface area contributed by atoms with E-state index in [0.717, 1.165) is 25.9 Å². The number of nitrogens with zero attached hydrogens (tertiary/aromatic N) is 4. The Morgan fingerprint density at radius 1 is 1.16 bits per heavy atom. The van der Waals surface area contributed by atoms with Crippen LogP contribution in [0.3, 0.4) is 0 Å². The molecule has 5 nitrogen and oxygen atoms in total. The summed E-state index contributed by atoms with van der Waals surface area (Å²) in [6, 6.07) is 2.36. The van der Waals surface area contributed by atoms with Crippen LogP contribution in [0.2, 0.25) is 0 Å². The Kier molecular flexibility index (Phi) is 5.20. The molecule has 3 aliphatic rings. The fourth-order valence-electron chi connectivity index (χ4n) is 4.52. The van der Waals surface area contributed by atoms with E-state index in [1.54, 1.807) is 0 Å². The topological polar surface area (TPSA) is 41.4 Å². The van der Waals surface area contributed by atoms with Crippen molar-refractivity contribution in [3.63, 3.8) is 0 Å². The quantitative estimate of drug-likeness (QED) is 0.790. The lowest BCUT2D eigenvalue weighted by molar-refractivity contribution is -0.132. The van der Waals surface area contributed by atoms with Gasteiger partial charge in [0.25, 0.3) is 0 Å². The Balaban J connectivity index is 1.43. The van der Waals surface area contributed by atoms with Gasteiger partial charge in [-0.2, -0.15) is 5.10 Å². The first-order valence-electron chi connectivity index (χ1n) is 10.00. The fraction of sp³-hybridized carbons (Fsp3) is 0.700. The van der Waals surface area contributed by atoms with Crippen molar-refractivity contribution in [2.24, 2.45) is 0 Å². The highest BCUT2D eigenvalue weighted by Gasteiger charge is 2.30. The van der Waals surface area contributed by atoms with E-state index in [0.29, 0.717) is 24.9 Å². The zero-order chi connectivity index (χ0) is 17.1. The highest BCUT2D eigenvalue weighted by Crippen LogP contribution is 2.26. The van der Waals surface area contributed by atoms with Crippen LogP contribution in [0.25, 0.3) is 0 Å². The molecule has 0 aromatic carbocycles. The number of likely N-dealkylation sites (tertiary alicyclic amines) is 1. The number of amides is 1. The van der Waals surface area contributed by atoms with Crippen molar-refractivity contribution in [2.45, 2.75) is 64.0 Å². The van der Waals surface area contributed by atoms with Crippen molar-refractivity contribution < 1.29 is 4.79 Å². The van der Waals surface area contributed by atoms with Gasteiger partial charge in [0.2, 0.25) is 5.91 Å². The third-order valence-electron chi connectivity index (χ3n) is 5.92. The normalized spacial score (nSPS) is 24.7. The largest absolute Gasteiger partial charge is 0.334 e. The van der Waals surface area contributed by atoms with Crippen LogP contribution >= 0.6 is 0 Å². The van der Waals surface area contributed by atoms with Gasteiger partial charge in [-0.3, -0.25) is 9.48 Å². The molecular formula is C20H30N4O. The molecule has 25 heavy (non-hydrogen) atoms. The summed E-state index contributed by atoms with van der Waals surface area (Å²) in [5, 5.41) is 4.55. The molecule has 3 heterocycles. The molecule has 1 saturated heterocycles. The Hall–Kier alpha value is -1.62. The van der Waals surface area contributed by atoms with Crippen LogP contribution in [0.1, 0.15) is 63.1 Å². The molecule has 4 rings (SSSR count). The number of piperidine rings is 1. The lowest BCUT2D eigenvalue weighted by Gasteiger charge is -2.37. The first-order valence-corrected chi connectivity index (χ1v) is 10.00. The zero-order valence-electron chi connectivity index (χ0n) is 15.2. The predicted molar refractivity (Wildman–Crippen MR) is 98.1 cm³/mol. The summed E-state index contributed by atoms with van der Waals surface area (Å²) in [4.78, 5) is 17.5. The minimum Gasteiger partial charge on any atom is -0.334 e. The van der Waals surface area contributed by atoms with Gasteiger partial charge in [-0.05, 0) is 57.7 Å². The smallest absolute Gasteiger partial charge is 0.227 e. The van der Waals surface area contributed by atoms with Gasteiger partial charge in [0, 0.05) is 25.7 Å². The molecule has 1 aliphatic carbocycles. The van der Waals surface area contributed by atoms with Crippen LogP contribution in [0.4, 0.5) is 0 Å². The minimum absolute atomic E-state index is 0.293. The van der Waals surface area contributed by atoms with Gasteiger partial charge < -0.3 is 9.80 Å². The van der Waals surface area contributed by atoms with E-state index in [1.165, 1.54) is 56.5 Å².